The van der Waals surface area contributed by atoms with E-state index in [9.17, 15) is 9.59 Å². The van der Waals surface area contributed by atoms with Crippen LogP contribution in [0.2, 0.25) is 5.02 Å². The van der Waals surface area contributed by atoms with Crippen molar-refractivity contribution < 1.29 is 9.59 Å². The van der Waals surface area contributed by atoms with Crippen molar-refractivity contribution in [2.45, 2.75) is 0 Å². The maximum atomic E-state index is 11.2. The van der Waals surface area contributed by atoms with Gasteiger partial charge in [0, 0.05) is 6.20 Å². The molecular formula is C9H7ClN4O2. The fourth-order valence-electron chi connectivity index (χ4n) is 0.823. The molecular weight excluding hydrogens is 232 g/mol. The lowest BCUT2D eigenvalue weighted by Gasteiger charge is -2.03. The van der Waals surface area contributed by atoms with E-state index in [2.05, 4.69) is 15.6 Å². The Morgan fingerprint density at radius 1 is 1.44 bits per heavy atom. The normalized spacial score (nSPS) is 9.00. The van der Waals surface area contributed by atoms with Crippen molar-refractivity contribution in [2.24, 2.45) is 0 Å². The summed E-state index contributed by atoms with van der Waals surface area (Å²) in [6.45, 7) is -0.222. The van der Waals surface area contributed by atoms with Gasteiger partial charge in [-0.3, -0.25) is 9.59 Å². The molecule has 16 heavy (non-hydrogen) atoms. The average Bonchev–Trinajstić information content (AvgIpc) is 2.29. The zero-order valence-corrected chi connectivity index (χ0v) is 8.78. The van der Waals surface area contributed by atoms with Crippen LogP contribution in [0.15, 0.2) is 18.3 Å². The van der Waals surface area contributed by atoms with Crippen molar-refractivity contribution in [3.8, 4) is 6.07 Å². The van der Waals surface area contributed by atoms with Gasteiger partial charge in [0.15, 0.2) is 0 Å². The van der Waals surface area contributed by atoms with E-state index in [4.69, 9.17) is 16.9 Å². The zero-order chi connectivity index (χ0) is 12.0. The van der Waals surface area contributed by atoms with Gasteiger partial charge < -0.3 is 10.6 Å². The number of carbonyl (C=O) groups excluding carboxylic acids is 2. The molecule has 2 amide bonds. The van der Waals surface area contributed by atoms with Crippen LogP contribution in [0.5, 0.6) is 0 Å². The number of rotatable bonds is 2. The predicted octanol–water partition coefficient (Wildman–Crippen LogP) is 0.313. The molecule has 0 bridgehead atoms. The van der Waals surface area contributed by atoms with Crippen LogP contribution < -0.4 is 10.6 Å². The smallest absolute Gasteiger partial charge is 0.314 e. The summed E-state index contributed by atoms with van der Waals surface area (Å²) < 4.78 is 0. The molecule has 6 nitrogen and oxygen atoms in total. The molecule has 0 radical (unpaired) electrons. The van der Waals surface area contributed by atoms with Crippen LogP contribution in [-0.2, 0) is 9.59 Å². The molecule has 0 saturated heterocycles. The molecule has 0 atom stereocenters. The third-order valence-corrected chi connectivity index (χ3v) is 1.73. The van der Waals surface area contributed by atoms with Gasteiger partial charge in [-0.15, -0.1) is 0 Å². The highest BCUT2D eigenvalue weighted by Crippen LogP contribution is 2.09. The summed E-state index contributed by atoms with van der Waals surface area (Å²) in [5.74, 6) is -1.56. The van der Waals surface area contributed by atoms with Gasteiger partial charge in [0.1, 0.15) is 12.4 Å². The Morgan fingerprint density at radius 3 is 2.75 bits per heavy atom. The Bertz CT molecular complexity index is 438. The molecule has 0 aromatic carbocycles. The van der Waals surface area contributed by atoms with Gasteiger partial charge in [0.2, 0.25) is 0 Å². The molecule has 0 aliphatic heterocycles. The number of nitriles is 1. The second-order valence-electron chi connectivity index (χ2n) is 2.66. The Kier molecular flexibility index (Phi) is 4.24. The topological polar surface area (TPSA) is 94.9 Å². The molecule has 0 fully saturated rings. The monoisotopic (exact) mass is 238 g/mol. The maximum absolute atomic E-state index is 11.2. The van der Waals surface area contributed by atoms with Gasteiger partial charge in [0.05, 0.1) is 11.1 Å². The first kappa shape index (κ1) is 11.9. The summed E-state index contributed by atoms with van der Waals surface area (Å²) >= 11 is 5.59. The van der Waals surface area contributed by atoms with E-state index in [-0.39, 0.29) is 12.4 Å². The van der Waals surface area contributed by atoms with Crippen molar-refractivity contribution >= 4 is 29.2 Å². The maximum Gasteiger partial charge on any atom is 0.314 e. The molecule has 0 spiro atoms. The van der Waals surface area contributed by atoms with Crippen LogP contribution in [0.4, 0.5) is 5.82 Å². The van der Waals surface area contributed by atoms with Crippen molar-refractivity contribution in [2.75, 3.05) is 11.9 Å². The Hall–Kier alpha value is -2.13. The fraction of sp³-hybridized carbons (Fsp3) is 0.111. The first-order valence-corrected chi connectivity index (χ1v) is 4.59. The first-order valence-electron chi connectivity index (χ1n) is 4.21. The second-order valence-corrected chi connectivity index (χ2v) is 3.09. The average molecular weight is 239 g/mol. The third-order valence-electron chi connectivity index (χ3n) is 1.50. The van der Waals surface area contributed by atoms with Crippen LogP contribution in [0.3, 0.4) is 0 Å². The van der Waals surface area contributed by atoms with Crippen LogP contribution in [-0.4, -0.2) is 23.3 Å². The molecule has 0 unspecified atom stereocenters. The molecule has 1 rings (SSSR count). The van der Waals surface area contributed by atoms with E-state index in [1.807, 2.05) is 0 Å². The van der Waals surface area contributed by atoms with Gasteiger partial charge >= 0.3 is 11.8 Å². The number of nitrogens with zero attached hydrogens (tertiary/aromatic N) is 2. The number of halogens is 1. The largest absolute Gasteiger partial charge is 0.335 e. The zero-order valence-electron chi connectivity index (χ0n) is 8.03. The van der Waals surface area contributed by atoms with Crippen LogP contribution in [0.25, 0.3) is 0 Å². The molecule has 82 valence electrons. The lowest BCUT2D eigenvalue weighted by molar-refractivity contribution is -0.136. The summed E-state index contributed by atoms with van der Waals surface area (Å²) in [4.78, 5) is 26.0. The molecule has 1 aromatic heterocycles. The first-order chi connectivity index (χ1) is 7.63. The molecule has 0 aliphatic rings. The number of nitrogens with one attached hydrogen (secondary N) is 2. The third kappa shape index (κ3) is 3.55. The van der Waals surface area contributed by atoms with Crippen LogP contribution in [0.1, 0.15) is 0 Å². The highest BCUT2D eigenvalue weighted by Gasteiger charge is 2.12. The highest BCUT2D eigenvalue weighted by molar-refractivity contribution is 6.39. The summed E-state index contributed by atoms with van der Waals surface area (Å²) in [5.41, 5.74) is 0. The Labute approximate surface area is 96.2 Å². The number of aromatic nitrogens is 1. The molecule has 1 heterocycles. The van der Waals surface area contributed by atoms with Gasteiger partial charge in [-0.2, -0.15) is 5.26 Å². The molecule has 0 saturated carbocycles. The van der Waals surface area contributed by atoms with Crippen LogP contribution >= 0.6 is 11.6 Å². The molecule has 1 aromatic rings. The SMILES string of the molecule is N#CCNC(=O)C(=O)Nc1ccc(Cl)cn1. The summed E-state index contributed by atoms with van der Waals surface area (Å²) in [5, 5.41) is 13.0. The number of amides is 2. The number of anilines is 1. The summed E-state index contributed by atoms with van der Waals surface area (Å²) in [6.07, 6.45) is 1.34. The number of carbonyl (C=O) groups is 2. The minimum Gasteiger partial charge on any atom is -0.335 e. The predicted molar refractivity (Wildman–Crippen MR) is 56.5 cm³/mol. The fourth-order valence-corrected chi connectivity index (χ4v) is 0.935. The number of hydrogen-bond acceptors (Lipinski definition) is 4. The van der Waals surface area contributed by atoms with Gasteiger partial charge in [-0.05, 0) is 12.1 Å². The quantitative estimate of drug-likeness (QED) is 0.573. The number of pyridine rings is 1. The van der Waals surface area contributed by atoms with Crippen molar-refractivity contribution in [1.82, 2.24) is 10.3 Å². The van der Waals surface area contributed by atoms with E-state index in [1.165, 1.54) is 18.3 Å². The van der Waals surface area contributed by atoms with Crippen molar-refractivity contribution in [3.05, 3.63) is 23.4 Å². The van der Waals surface area contributed by atoms with Gasteiger partial charge in [-0.25, -0.2) is 4.98 Å². The van der Waals surface area contributed by atoms with Crippen molar-refractivity contribution in [1.29, 1.82) is 5.26 Å². The minimum atomic E-state index is -0.890. The molecule has 7 heteroatoms. The second kappa shape index (κ2) is 5.68. The highest BCUT2D eigenvalue weighted by atomic mass is 35.5. The lowest BCUT2D eigenvalue weighted by atomic mass is 10.4. The Morgan fingerprint density at radius 2 is 2.19 bits per heavy atom. The van der Waals surface area contributed by atoms with Crippen molar-refractivity contribution in [3.63, 3.8) is 0 Å². The number of hydrogen-bond donors (Lipinski definition) is 2. The Balaban J connectivity index is 2.55. The van der Waals surface area contributed by atoms with E-state index in [1.54, 1.807) is 6.07 Å². The minimum absolute atomic E-state index is 0.210. The van der Waals surface area contributed by atoms with Crippen LogP contribution in [0, 0.1) is 11.3 Å². The van der Waals surface area contributed by atoms with E-state index < -0.39 is 11.8 Å². The summed E-state index contributed by atoms with van der Waals surface area (Å²) in [6, 6.07) is 4.66. The summed E-state index contributed by atoms with van der Waals surface area (Å²) in [7, 11) is 0. The molecule has 0 aliphatic carbocycles. The van der Waals surface area contributed by atoms with Gasteiger partial charge in [-0.1, -0.05) is 11.6 Å². The standard InChI is InChI=1S/C9H7ClN4O2/c10-6-1-2-7(13-5-6)14-9(16)8(15)12-4-3-11/h1-2,5H,4H2,(H,12,15)(H,13,14,16). The van der Waals surface area contributed by atoms with Gasteiger partial charge in [0.25, 0.3) is 0 Å². The van der Waals surface area contributed by atoms with E-state index in [0.29, 0.717) is 5.02 Å². The lowest BCUT2D eigenvalue weighted by Crippen LogP contribution is -2.35. The van der Waals surface area contributed by atoms with E-state index in [0.717, 1.165) is 0 Å². The van der Waals surface area contributed by atoms with E-state index >= 15 is 0 Å². The molecule has 2 N–H and O–H groups in total.